The quantitative estimate of drug-likeness (QED) is 0.750. The van der Waals surface area contributed by atoms with E-state index < -0.39 is 5.97 Å². The molecule has 0 bridgehead atoms. The van der Waals surface area contributed by atoms with Gasteiger partial charge in [0.05, 0.1) is 24.0 Å². The van der Waals surface area contributed by atoms with E-state index in [0.29, 0.717) is 13.1 Å². The summed E-state index contributed by atoms with van der Waals surface area (Å²) in [4.78, 5) is 15.1. The van der Waals surface area contributed by atoms with Crippen LogP contribution in [0.2, 0.25) is 0 Å². The third-order valence-corrected chi connectivity index (χ3v) is 3.15. The highest BCUT2D eigenvalue weighted by molar-refractivity contribution is 5.68. The van der Waals surface area contributed by atoms with Crippen LogP contribution in [0, 0.1) is 13.8 Å². The molecule has 0 aliphatic carbocycles. The van der Waals surface area contributed by atoms with E-state index in [1.807, 2.05) is 18.4 Å². The topological polar surface area (TPSA) is 67.2 Å². The fourth-order valence-electron chi connectivity index (χ4n) is 2.05. The predicted octanol–water partition coefficient (Wildman–Crippen LogP) is 0.273. The molecule has 1 fully saturated rings. The van der Waals surface area contributed by atoms with E-state index in [1.165, 1.54) is 0 Å². The van der Waals surface area contributed by atoms with Crippen LogP contribution in [-0.2, 0) is 10.3 Å². The van der Waals surface area contributed by atoms with Gasteiger partial charge >= 0.3 is 5.97 Å². The van der Waals surface area contributed by atoms with Crippen LogP contribution in [0.1, 0.15) is 17.8 Å². The number of hydrogen-bond acceptors (Lipinski definition) is 3. The Labute approximate surface area is 88.1 Å². The van der Waals surface area contributed by atoms with Crippen molar-refractivity contribution in [1.29, 1.82) is 0 Å². The van der Waals surface area contributed by atoms with Gasteiger partial charge in [0.2, 0.25) is 0 Å². The molecule has 1 saturated heterocycles. The number of imidazole rings is 1. The van der Waals surface area contributed by atoms with Gasteiger partial charge in [-0.25, -0.2) is 4.98 Å². The van der Waals surface area contributed by atoms with Crippen LogP contribution in [0.15, 0.2) is 6.33 Å². The molecule has 1 aliphatic rings. The van der Waals surface area contributed by atoms with Gasteiger partial charge in [-0.3, -0.25) is 4.79 Å². The number of nitrogens with zero attached hydrogens (tertiary/aromatic N) is 2. The van der Waals surface area contributed by atoms with E-state index in [4.69, 9.17) is 5.11 Å². The molecule has 5 heteroatoms. The van der Waals surface area contributed by atoms with Crippen molar-refractivity contribution in [1.82, 2.24) is 14.9 Å². The van der Waals surface area contributed by atoms with Gasteiger partial charge < -0.3 is 15.0 Å². The monoisotopic (exact) mass is 209 g/mol. The number of aliphatic carboxylic acids is 1. The molecule has 0 saturated carbocycles. The van der Waals surface area contributed by atoms with Crippen molar-refractivity contribution in [3.8, 4) is 0 Å². The summed E-state index contributed by atoms with van der Waals surface area (Å²) >= 11 is 0. The summed E-state index contributed by atoms with van der Waals surface area (Å²) < 4.78 is 1.99. The summed E-state index contributed by atoms with van der Waals surface area (Å²) in [5, 5.41) is 12.0. The molecule has 1 aliphatic heterocycles. The van der Waals surface area contributed by atoms with Gasteiger partial charge in [-0.15, -0.1) is 0 Å². The van der Waals surface area contributed by atoms with E-state index in [1.54, 1.807) is 6.33 Å². The van der Waals surface area contributed by atoms with Gasteiger partial charge in [-0.05, 0) is 13.8 Å². The minimum Gasteiger partial charge on any atom is -0.481 e. The van der Waals surface area contributed by atoms with Crippen LogP contribution in [0.4, 0.5) is 0 Å². The fourth-order valence-corrected chi connectivity index (χ4v) is 2.05. The first-order chi connectivity index (χ1) is 7.05. The lowest BCUT2D eigenvalue weighted by Gasteiger charge is -2.43. The summed E-state index contributed by atoms with van der Waals surface area (Å²) in [6, 6.07) is 0. The second-order valence-electron chi connectivity index (χ2n) is 4.18. The summed E-state index contributed by atoms with van der Waals surface area (Å²) in [5.41, 5.74) is 1.71. The van der Waals surface area contributed by atoms with E-state index in [0.717, 1.165) is 11.4 Å². The SMILES string of the molecule is Cc1ncn(C2(CC(=O)O)CNC2)c1C. The number of nitrogens with one attached hydrogen (secondary N) is 1. The molecule has 15 heavy (non-hydrogen) atoms. The zero-order valence-corrected chi connectivity index (χ0v) is 8.95. The van der Waals surface area contributed by atoms with Crippen molar-refractivity contribution >= 4 is 5.97 Å². The molecule has 2 heterocycles. The van der Waals surface area contributed by atoms with Crippen molar-refractivity contribution in [3.05, 3.63) is 17.7 Å². The summed E-state index contributed by atoms with van der Waals surface area (Å²) in [6.45, 7) is 5.32. The number of carboxylic acids is 1. The zero-order chi connectivity index (χ0) is 11.1. The van der Waals surface area contributed by atoms with Crippen LogP contribution in [0.25, 0.3) is 0 Å². The Kier molecular flexibility index (Phi) is 2.26. The molecule has 1 aromatic heterocycles. The third kappa shape index (κ3) is 1.52. The Bertz CT molecular complexity index is 393. The molecule has 82 valence electrons. The normalized spacial score (nSPS) is 18.5. The Morgan fingerprint density at radius 2 is 2.33 bits per heavy atom. The highest BCUT2D eigenvalue weighted by Gasteiger charge is 2.41. The van der Waals surface area contributed by atoms with Gasteiger partial charge in [0, 0.05) is 18.8 Å². The smallest absolute Gasteiger partial charge is 0.305 e. The second-order valence-corrected chi connectivity index (χ2v) is 4.18. The highest BCUT2D eigenvalue weighted by Crippen LogP contribution is 2.28. The molecule has 2 rings (SSSR count). The van der Waals surface area contributed by atoms with Gasteiger partial charge in [-0.1, -0.05) is 0 Å². The predicted molar refractivity (Wildman–Crippen MR) is 54.8 cm³/mol. The van der Waals surface area contributed by atoms with Crippen LogP contribution in [0.5, 0.6) is 0 Å². The molecule has 0 unspecified atom stereocenters. The summed E-state index contributed by atoms with van der Waals surface area (Å²) in [5.74, 6) is -0.762. The van der Waals surface area contributed by atoms with Crippen LogP contribution in [0.3, 0.4) is 0 Å². The average molecular weight is 209 g/mol. The molecule has 0 spiro atoms. The van der Waals surface area contributed by atoms with E-state index in [9.17, 15) is 4.79 Å². The Morgan fingerprint density at radius 1 is 1.67 bits per heavy atom. The van der Waals surface area contributed by atoms with Crippen LogP contribution in [-0.4, -0.2) is 33.7 Å². The third-order valence-electron chi connectivity index (χ3n) is 3.15. The lowest BCUT2D eigenvalue weighted by molar-refractivity contribution is -0.140. The summed E-state index contributed by atoms with van der Waals surface area (Å²) in [6.07, 6.45) is 1.89. The number of rotatable bonds is 3. The van der Waals surface area contributed by atoms with Gasteiger partial charge in [0.1, 0.15) is 0 Å². The van der Waals surface area contributed by atoms with Crippen LogP contribution >= 0.6 is 0 Å². The Hall–Kier alpha value is -1.36. The molecule has 0 amide bonds. The second kappa shape index (κ2) is 3.34. The minimum atomic E-state index is -0.762. The average Bonchev–Trinajstić information content (AvgIpc) is 2.41. The van der Waals surface area contributed by atoms with Crippen molar-refractivity contribution in [2.75, 3.05) is 13.1 Å². The lowest BCUT2D eigenvalue weighted by atomic mass is 9.88. The molecule has 2 N–H and O–H groups in total. The Morgan fingerprint density at radius 3 is 2.67 bits per heavy atom. The summed E-state index contributed by atoms with van der Waals surface area (Å²) in [7, 11) is 0. The van der Waals surface area contributed by atoms with Crippen molar-refractivity contribution in [2.24, 2.45) is 0 Å². The zero-order valence-electron chi connectivity index (χ0n) is 8.95. The number of hydrogen-bond donors (Lipinski definition) is 2. The maximum absolute atomic E-state index is 10.8. The van der Waals surface area contributed by atoms with E-state index in [2.05, 4.69) is 10.3 Å². The maximum Gasteiger partial charge on any atom is 0.305 e. The molecular formula is C10H15N3O2. The van der Waals surface area contributed by atoms with Crippen LogP contribution < -0.4 is 5.32 Å². The van der Waals surface area contributed by atoms with Crippen molar-refractivity contribution in [3.63, 3.8) is 0 Å². The number of carboxylic acid groups (broad SMARTS) is 1. The first-order valence-electron chi connectivity index (χ1n) is 4.99. The van der Waals surface area contributed by atoms with E-state index in [-0.39, 0.29) is 12.0 Å². The molecule has 1 aromatic rings. The maximum atomic E-state index is 10.8. The molecule has 0 aromatic carbocycles. The van der Waals surface area contributed by atoms with Crippen molar-refractivity contribution < 1.29 is 9.90 Å². The van der Waals surface area contributed by atoms with Crippen molar-refractivity contribution in [2.45, 2.75) is 25.8 Å². The largest absolute Gasteiger partial charge is 0.481 e. The van der Waals surface area contributed by atoms with Gasteiger partial charge in [-0.2, -0.15) is 0 Å². The van der Waals surface area contributed by atoms with E-state index >= 15 is 0 Å². The fraction of sp³-hybridized carbons (Fsp3) is 0.600. The number of aromatic nitrogens is 2. The number of carbonyl (C=O) groups is 1. The minimum absolute atomic E-state index is 0.149. The molecule has 0 atom stereocenters. The molecular weight excluding hydrogens is 194 g/mol. The first-order valence-corrected chi connectivity index (χ1v) is 4.99. The molecule has 0 radical (unpaired) electrons. The first kappa shape index (κ1) is 10.2. The number of aryl methyl sites for hydroxylation is 1. The van der Waals surface area contributed by atoms with Gasteiger partial charge in [0.25, 0.3) is 0 Å². The molecule has 5 nitrogen and oxygen atoms in total. The standard InChI is InChI=1S/C10H15N3O2/c1-7-8(2)13(6-12-7)10(3-9(14)15)4-11-5-10/h6,11H,3-5H2,1-2H3,(H,14,15). The highest BCUT2D eigenvalue weighted by atomic mass is 16.4. The Balaban J connectivity index is 2.34. The van der Waals surface area contributed by atoms with Gasteiger partial charge in [0.15, 0.2) is 0 Å². The lowest BCUT2D eigenvalue weighted by Crippen LogP contribution is -2.61.